The van der Waals surface area contributed by atoms with Crippen molar-refractivity contribution in [3.63, 3.8) is 0 Å². The lowest BCUT2D eigenvalue weighted by molar-refractivity contribution is -0.126. The molecule has 6 nitrogen and oxygen atoms in total. The van der Waals surface area contributed by atoms with E-state index in [9.17, 15) is 13.2 Å². The number of nitrogens with one attached hydrogen (secondary N) is 2. The molecule has 1 atom stereocenters. The molecule has 0 spiro atoms. The second-order valence-corrected chi connectivity index (χ2v) is 7.50. The lowest BCUT2D eigenvalue weighted by Crippen LogP contribution is -2.33. The van der Waals surface area contributed by atoms with Crippen molar-refractivity contribution >= 4 is 33.2 Å². The third kappa shape index (κ3) is 4.87. The maximum absolute atomic E-state index is 12.4. The van der Waals surface area contributed by atoms with Gasteiger partial charge in [-0.15, -0.1) is 0 Å². The highest BCUT2D eigenvalue weighted by atomic mass is 35.5. The zero-order valence-corrected chi connectivity index (χ0v) is 15.6. The van der Waals surface area contributed by atoms with E-state index in [0.29, 0.717) is 16.5 Å². The summed E-state index contributed by atoms with van der Waals surface area (Å²) in [5.41, 5.74) is 1.24. The van der Waals surface area contributed by atoms with Crippen LogP contribution in [0.25, 0.3) is 0 Å². The first-order valence-corrected chi connectivity index (χ1v) is 9.36. The van der Waals surface area contributed by atoms with Gasteiger partial charge in [-0.2, -0.15) is 0 Å². The third-order valence-corrected chi connectivity index (χ3v) is 5.29. The smallest absolute Gasteiger partial charge is 0.261 e. The van der Waals surface area contributed by atoms with Gasteiger partial charge in [0.15, 0.2) is 6.10 Å². The molecule has 0 aliphatic carbocycles. The average molecular weight is 383 g/mol. The molecular weight excluding hydrogens is 364 g/mol. The van der Waals surface area contributed by atoms with E-state index in [0.717, 1.165) is 5.56 Å². The van der Waals surface area contributed by atoms with E-state index in [-0.39, 0.29) is 10.8 Å². The zero-order chi connectivity index (χ0) is 18.6. The number of ether oxygens (including phenoxy) is 1. The molecule has 0 aliphatic heterocycles. The number of anilines is 1. The van der Waals surface area contributed by atoms with Crippen LogP contribution in [-0.4, -0.2) is 27.5 Å². The lowest BCUT2D eigenvalue weighted by atomic mass is 10.2. The van der Waals surface area contributed by atoms with E-state index in [1.807, 2.05) is 6.92 Å². The maximum Gasteiger partial charge on any atom is 0.261 e. The summed E-state index contributed by atoms with van der Waals surface area (Å²) >= 11 is 6.01. The van der Waals surface area contributed by atoms with Gasteiger partial charge in [-0.3, -0.25) is 9.52 Å². The van der Waals surface area contributed by atoms with Gasteiger partial charge >= 0.3 is 0 Å². The fourth-order valence-electron chi connectivity index (χ4n) is 2.03. The van der Waals surface area contributed by atoms with Gasteiger partial charge in [-0.05, 0) is 55.8 Å². The minimum atomic E-state index is -3.75. The molecule has 0 saturated heterocycles. The van der Waals surface area contributed by atoms with E-state index < -0.39 is 16.1 Å². The van der Waals surface area contributed by atoms with Crippen LogP contribution in [0.15, 0.2) is 47.4 Å². The molecule has 0 saturated carbocycles. The van der Waals surface area contributed by atoms with Crippen molar-refractivity contribution in [3.8, 4) is 5.75 Å². The number of halogens is 1. The Labute approximate surface area is 152 Å². The third-order valence-electron chi connectivity index (χ3n) is 3.49. The molecule has 1 amide bonds. The Kier molecular flexibility index (Phi) is 5.92. The number of likely N-dealkylation sites (N-methyl/N-ethyl adjacent to an activating group) is 1. The number of aryl methyl sites for hydroxylation is 1. The molecule has 0 unspecified atom stereocenters. The van der Waals surface area contributed by atoms with E-state index in [4.69, 9.17) is 16.3 Å². The minimum Gasteiger partial charge on any atom is -0.481 e. The second kappa shape index (κ2) is 7.76. The van der Waals surface area contributed by atoms with Gasteiger partial charge < -0.3 is 10.1 Å². The number of sulfonamides is 1. The molecule has 8 heteroatoms. The van der Waals surface area contributed by atoms with Crippen molar-refractivity contribution in [2.45, 2.75) is 24.8 Å². The van der Waals surface area contributed by atoms with E-state index >= 15 is 0 Å². The van der Waals surface area contributed by atoms with Crippen LogP contribution in [0.3, 0.4) is 0 Å². The first-order valence-electron chi connectivity index (χ1n) is 7.50. The largest absolute Gasteiger partial charge is 0.481 e. The molecule has 25 heavy (non-hydrogen) atoms. The predicted molar refractivity (Wildman–Crippen MR) is 97.6 cm³/mol. The van der Waals surface area contributed by atoms with Crippen LogP contribution in [0.1, 0.15) is 12.5 Å². The second-order valence-electron chi connectivity index (χ2n) is 5.42. The molecule has 134 valence electrons. The molecule has 0 radical (unpaired) electrons. The molecular formula is C17H19ClN2O4S. The lowest BCUT2D eigenvalue weighted by Gasteiger charge is -2.14. The van der Waals surface area contributed by atoms with Crippen LogP contribution in [0.2, 0.25) is 5.02 Å². The molecule has 2 aromatic rings. The van der Waals surface area contributed by atoms with Crippen molar-refractivity contribution in [2.75, 3.05) is 11.8 Å². The van der Waals surface area contributed by atoms with Gasteiger partial charge in [0.2, 0.25) is 0 Å². The van der Waals surface area contributed by atoms with Gasteiger partial charge in [0.05, 0.1) is 10.6 Å². The number of hydrogen-bond donors (Lipinski definition) is 2. The van der Waals surface area contributed by atoms with Crippen LogP contribution in [-0.2, 0) is 14.8 Å². The Morgan fingerprint density at radius 3 is 2.36 bits per heavy atom. The SMILES string of the molecule is CNC(=O)[C@H](C)Oc1ccc(S(=O)(=O)Nc2ccc(C)c(Cl)c2)cc1. The van der Waals surface area contributed by atoms with E-state index in [1.54, 1.807) is 25.1 Å². The highest BCUT2D eigenvalue weighted by Gasteiger charge is 2.16. The standard InChI is InChI=1S/C17H19ClN2O4S/c1-11-4-5-13(10-16(11)18)20-25(22,23)15-8-6-14(7-9-15)24-12(2)17(21)19-3/h4-10,12,20H,1-3H3,(H,19,21)/t12-/m0/s1. The van der Waals surface area contributed by atoms with E-state index in [2.05, 4.69) is 10.0 Å². The summed E-state index contributed by atoms with van der Waals surface area (Å²) in [4.78, 5) is 11.5. The fourth-order valence-corrected chi connectivity index (χ4v) is 3.26. The predicted octanol–water partition coefficient (Wildman–Crippen LogP) is 2.96. The summed E-state index contributed by atoms with van der Waals surface area (Å²) in [6, 6.07) is 10.7. The van der Waals surface area contributed by atoms with Gasteiger partial charge in [-0.1, -0.05) is 17.7 Å². The number of amides is 1. The van der Waals surface area contributed by atoms with E-state index in [1.165, 1.54) is 31.3 Å². The van der Waals surface area contributed by atoms with Crippen molar-refractivity contribution in [3.05, 3.63) is 53.1 Å². The fraction of sp³-hybridized carbons (Fsp3) is 0.235. The average Bonchev–Trinajstić information content (AvgIpc) is 2.57. The summed E-state index contributed by atoms with van der Waals surface area (Å²) in [6.07, 6.45) is -0.680. The molecule has 0 fully saturated rings. The van der Waals surface area contributed by atoms with Crippen molar-refractivity contribution in [1.82, 2.24) is 5.32 Å². The molecule has 2 rings (SSSR count). The summed E-state index contributed by atoms with van der Waals surface area (Å²) < 4.78 is 32.8. The molecule has 0 bridgehead atoms. The quantitative estimate of drug-likeness (QED) is 0.804. The number of carbonyl (C=O) groups is 1. The van der Waals surface area contributed by atoms with Crippen LogP contribution < -0.4 is 14.8 Å². The Hall–Kier alpha value is -2.25. The first-order chi connectivity index (χ1) is 11.7. The summed E-state index contributed by atoms with van der Waals surface area (Å²) in [7, 11) is -2.24. The summed E-state index contributed by atoms with van der Waals surface area (Å²) in [5, 5.41) is 2.95. The Bertz CT molecular complexity index is 867. The van der Waals surface area contributed by atoms with Gasteiger partial charge in [0.25, 0.3) is 15.9 Å². The molecule has 0 heterocycles. The highest BCUT2D eigenvalue weighted by Crippen LogP contribution is 2.23. The summed E-state index contributed by atoms with van der Waals surface area (Å²) in [5.74, 6) is 0.128. The molecule has 0 aromatic heterocycles. The minimum absolute atomic E-state index is 0.0733. The molecule has 2 N–H and O–H groups in total. The topological polar surface area (TPSA) is 84.5 Å². The van der Waals surface area contributed by atoms with Crippen molar-refractivity contribution in [2.24, 2.45) is 0 Å². The van der Waals surface area contributed by atoms with Crippen LogP contribution in [0.4, 0.5) is 5.69 Å². The van der Waals surface area contributed by atoms with Crippen molar-refractivity contribution < 1.29 is 17.9 Å². The Morgan fingerprint density at radius 1 is 1.16 bits per heavy atom. The van der Waals surface area contributed by atoms with Crippen LogP contribution >= 0.6 is 11.6 Å². The van der Waals surface area contributed by atoms with Gasteiger partial charge in [-0.25, -0.2) is 8.42 Å². The van der Waals surface area contributed by atoms with Gasteiger partial charge in [0, 0.05) is 12.1 Å². The number of carbonyl (C=O) groups excluding carboxylic acids is 1. The monoisotopic (exact) mass is 382 g/mol. The summed E-state index contributed by atoms with van der Waals surface area (Å²) in [6.45, 7) is 3.44. The Balaban J connectivity index is 2.14. The van der Waals surface area contributed by atoms with Crippen LogP contribution in [0, 0.1) is 6.92 Å². The van der Waals surface area contributed by atoms with Crippen LogP contribution in [0.5, 0.6) is 5.75 Å². The normalized spacial score (nSPS) is 12.3. The first kappa shape index (κ1) is 19.1. The maximum atomic E-state index is 12.4. The number of hydrogen-bond acceptors (Lipinski definition) is 4. The molecule has 2 aromatic carbocycles. The van der Waals surface area contributed by atoms with Gasteiger partial charge in [0.1, 0.15) is 5.75 Å². The zero-order valence-electron chi connectivity index (χ0n) is 14.0. The van der Waals surface area contributed by atoms with Crippen molar-refractivity contribution in [1.29, 1.82) is 0 Å². The number of rotatable bonds is 6. The molecule has 0 aliphatic rings. The highest BCUT2D eigenvalue weighted by molar-refractivity contribution is 7.92. The number of benzene rings is 2. The Morgan fingerprint density at radius 2 is 1.80 bits per heavy atom.